The van der Waals surface area contributed by atoms with Crippen molar-refractivity contribution in [3.05, 3.63) is 11.6 Å². The minimum atomic E-state index is 0.521. The lowest BCUT2D eigenvalue weighted by molar-refractivity contribution is -0.0380. The highest BCUT2D eigenvalue weighted by Crippen LogP contribution is 2.67. The van der Waals surface area contributed by atoms with Crippen LogP contribution in [0.1, 0.15) is 65.2 Å². The predicted molar refractivity (Wildman–Crippen MR) is 99.8 cm³/mol. The van der Waals surface area contributed by atoms with Gasteiger partial charge in [0.05, 0.1) is 0 Å². The predicted octanol–water partition coefficient (Wildman–Crippen LogP) is 4.13. The van der Waals surface area contributed by atoms with Crippen molar-refractivity contribution < 1.29 is 0 Å². The van der Waals surface area contributed by atoms with Crippen LogP contribution in [-0.4, -0.2) is 25.7 Å². The summed E-state index contributed by atoms with van der Waals surface area (Å²) in [5.41, 5.74) is 3.01. The molecule has 0 amide bonds. The van der Waals surface area contributed by atoms with Gasteiger partial charge >= 0.3 is 0 Å². The van der Waals surface area contributed by atoms with E-state index in [4.69, 9.17) is 0 Å². The molecule has 3 saturated carbocycles. The number of hydrogen-bond donors (Lipinski definition) is 2. The van der Waals surface area contributed by atoms with Crippen LogP contribution in [0.5, 0.6) is 0 Å². The van der Waals surface area contributed by atoms with E-state index in [9.17, 15) is 0 Å². The van der Waals surface area contributed by atoms with E-state index in [1.54, 1.807) is 0 Å². The molecule has 0 bridgehead atoms. The van der Waals surface area contributed by atoms with Gasteiger partial charge in [-0.15, -0.1) is 0 Å². The minimum absolute atomic E-state index is 0.521. The molecule has 0 aromatic carbocycles. The lowest BCUT2D eigenvalue weighted by Crippen LogP contribution is -2.52. The van der Waals surface area contributed by atoms with Crippen molar-refractivity contribution in [1.29, 1.82) is 0 Å². The molecule has 2 N–H and O–H groups in total. The van der Waals surface area contributed by atoms with E-state index in [-0.39, 0.29) is 0 Å². The van der Waals surface area contributed by atoms with Crippen LogP contribution in [0.3, 0.4) is 0 Å². The second-order valence-corrected chi connectivity index (χ2v) is 10.1. The molecule has 2 heteroatoms. The van der Waals surface area contributed by atoms with Crippen molar-refractivity contribution in [2.24, 2.45) is 34.5 Å². The molecular weight excluding hydrogens is 292 g/mol. The largest absolute Gasteiger partial charge is 0.317 e. The fourth-order valence-electron chi connectivity index (χ4n) is 8.35. The molecule has 4 fully saturated rings. The monoisotopic (exact) mass is 328 g/mol. The van der Waals surface area contributed by atoms with Gasteiger partial charge in [-0.3, -0.25) is 0 Å². The standard InChI is InChI=1S/C22H36N2/c1-14-18-6-7-20-17-5-4-15-12-16(23-3)8-10-21(15,2)19(17)9-11-22(18,20)13-24-14/h4,14,16-20,23-24H,5-13H2,1-3H3/t14-,16+,17-,18-,19+,20-,21+,22+/m1/s1. The van der Waals surface area contributed by atoms with Crippen LogP contribution in [0.2, 0.25) is 0 Å². The Morgan fingerprint density at radius 3 is 2.75 bits per heavy atom. The Bertz CT molecular complexity index is 554. The van der Waals surface area contributed by atoms with Crippen LogP contribution in [0.15, 0.2) is 11.6 Å². The molecule has 5 rings (SSSR count). The zero-order valence-electron chi connectivity index (χ0n) is 15.9. The number of rotatable bonds is 1. The zero-order chi connectivity index (χ0) is 16.5. The van der Waals surface area contributed by atoms with Crippen molar-refractivity contribution >= 4 is 0 Å². The summed E-state index contributed by atoms with van der Waals surface area (Å²) in [4.78, 5) is 0. The molecule has 24 heavy (non-hydrogen) atoms. The van der Waals surface area contributed by atoms with Gasteiger partial charge in [0, 0.05) is 18.6 Å². The molecule has 1 heterocycles. The molecule has 5 aliphatic rings. The summed E-state index contributed by atoms with van der Waals surface area (Å²) in [6, 6.07) is 1.49. The SMILES string of the molecule is CN[C@H]1CC[C@@]2(C)C(=CC[C@H]3[C@H]4CC[C@@H]5[C@@H](C)NC[C@]45CC[C@@H]32)C1. The normalized spacial score (nSPS) is 56.0. The lowest BCUT2D eigenvalue weighted by Gasteiger charge is -2.58. The fraction of sp³-hybridized carbons (Fsp3) is 0.909. The smallest absolute Gasteiger partial charge is 0.0102 e. The van der Waals surface area contributed by atoms with Gasteiger partial charge in [0.2, 0.25) is 0 Å². The van der Waals surface area contributed by atoms with Gasteiger partial charge in [0.25, 0.3) is 0 Å². The van der Waals surface area contributed by atoms with Gasteiger partial charge in [-0.05, 0) is 99.8 Å². The summed E-state index contributed by atoms with van der Waals surface area (Å²) >= 11 is 0. The van der Waals surface area contributed by atoms with Crippen LogP contribution in [0.25, 0.3) is 0 Å². The number of hydrogen-bond acceptors (Lipinski definition) is 2. The summed E-state index contributed by atoms with van der Waals surface area (Å²) < 4.78 is 0. The molecule has 1 aliphatic heterocycles. The molecule has 134 valence electrons. The van der Waals surface area contributed by atoms with Crippen molar-refractivity contribution in [1.82, 2.24) is 10.6 Å². The second-order valence-electron chi connectivity index (χ2n) is 10.1. The molecule has 0 aromatic rings. The van der Waals surface area contributed by atoms with Crippen molar-refractivity contribution in [2.75, 3.05) is 13.6 Å². The Hall–Kier alpha value is -0.340. The van der Waals surface area contributed by atoms with E-state index >= 15 is 0 Å². The molecule has 0 radical (unpaired) electrons. The molecule has 2 nitrogen and oxygen atoms in total. The first-order valence-corrected chi connectivity index (χ1v) is 10.7. The van der Waals surface area contributed by atoms with E-state index < -0.39 is 0 Å². The average molecular weight is 329 g/mol. The maximum atomic E-state index is 3.86. The maximum absolute atomic E-state index is 3.86. The Labute approximate surface area is 148 Å². The quantitative estimate of drug-likeness (QED) is 0.707. The second kappa shape index (κ2) is 5.33. The zero-order valence-corrected chi connectivity index (χ0v) is 15.9. The van der Waals surface area contributed by atoms with E-state index in [0.717, 1.165) is 35.8 Å². The Morgan fingerprint density at radius 2 is 1.92 bits per heavy atom. The summed E-state index contributed by atoms with van der Waals surface area (Å²) in [5.74, 6) is 3.94. The molecule has 0 unspecified atom stereocenters. The van der Waals surface area contributed by atoms with Gasteiger partial charge in [0.1, 0.15) is 0 Å². The molecule has 1 saturated heterocycles. The van der Waals surface area contributed by atoms with Crippen LogP contribution in [0.4, 0.5) is 0 Å². The third-order valence-electron chi connectivity index (χ3n) is 9.65. The molecule has 1 spiro atoms. The maximum Gasteiger partial charge on any atom is 0.0102 e. The van der Waals surface area contributed by atoms with Crippen molar-refractivity contribution in [3.63, 3.8) is 0 Å². The van der Waals surface area contributed by atoms with Gasteiger partial charge in [-0.2, -0.15) is 0 Å². The third kappa shape index (κ3) is 1.91. The Morgan fingerprint density at radius 1 is 1.08 bits per heavy atom. The Balaban J connectivity index is 1.46. The number of allylic oxidation sites excluding steroid dienone is 1. The number of nitrogens with one attached hydrogen (secondary N) is 2. The molecular formula is C22H36N2. The van der Waals surface area contributed by atoms with E-state index in [1.165, 1.54) is 57.9 Å². The number of fused-ring (bicyclic) bond motifs is 4. The highest BCUT2D eigenvalue weighted by molar-refractivity contribution is 5.26. The Kier molecular flexibility index (Phi) is 3.53. The summed E-state index contributed by atoms with van der Waals surface area (Å²) in [7, 11) is 2.15. The average Bonchev–Trinajstić information content (AvgIpc) is 3.12. The van der Waals surface area contributed by atoms with Gasteiger partial charge in [0.15, 0.2) is 0 Å². The van der Waals surface area contributed by atoms with E-state index in [1.807, 2.05) is 5.57 Å². The first-order valence-electron chi connectivity index (χ1n) is 10.7. The van der Waals surface area contributed by atoms with E-state index in [2.05, 4.69) is 37.6 Å². The molecule has 0 aromatic heterocycles. The van der Waals surface area contributed by atoms with Crippen LogP contribution in [0, 0.1) is 34.5 Å². The van der Waals surface area contributed by atoms with Gasteiger partial charge in [-0.1, -0.05) is 18.6 Å². The lowest BCUT2D eigenvalue weighted by atomic mass is 9.47. The highest BCUT2D eigenvalue weighted by atomic mass is 15.0. The summed E-state index contributed by atoms with van der Waals surface area (Å²) in [6.45, 7) is 6.41. The third-order valence-corrected chi connectivity index (χ3v) is 9.65. The first-order chi connectivity index (χ1) is 11.6. The summed E-state index contributed by atoms with van der Waals surface area (Å²) in [6.07, 6.45) is 14.3. The van der Waals surface area contributed by atoms with Crippen LogP contribution >= 0.6 is 0 Å². The summed E-state index contributed by atoms with van der Waals surface area (Å²) in [5, 5.41) is 7.41. The topological polar surface area (TPSA) is 24.1 Å². The van der Waals surface area contributed by atoms with Gasteiger partial charge < -0.3 is 10.6 Å². The van der Waals surface area contributed by atoms with Crippen molar-refractivity contribution in [3.8, 4) is 0 Å². The highest BCUT2D eigenvalue weighted by Gasteiger charge is 2.62. The van der Waals surface area contributed by atoms with Gasteiger partial charge in [-0.25, -0.2) is 0 Å². The first kappa shape index (κ1) is 15.9. The van der Waals surface area contributed by atoms with Crippen LogP contribution in [-0.2, 0) is 0 Å². The van der Waals surface area contributed by atoms with E-state index in [0.29, 0.717) is 10.8 Å². The van der Waals surface area contributed by atoms with Crippen molar-refractivity contribution in [2.45, 2.75) is 77.3 Å². The van der Waals surface area contributed by atoms with Crippen LogP contribution < -0.4 is 10.6 Å². The minimum Gasteiger partial charge on any atom is -0.317 e. The molecule has 8 atom stereocenters. The molecule has 4 aliphatic carbocycles. The fourth-order valence-corrected chi connectivity index (χ4v) is 8.35.